The number of hydrogen-bond acceptors (Lipinski definition) is 2. The Hall–Kier alpha value is -1.59. The van der Waals surface area contributed by atoms with E-state index in [1.165, 1.54) is 0 Å². The summed E-state index contributed by atoms with van der Waals surface area (Å²) < 4.78 is 0. The SMILES string of the molecule is CNCC#Cc1ccc(C=O)cc1C. The first-order chi connectivity index (χ1) is 6.77. The molecule has 2 heteroatoms. The second kappa shape index (κ2) is 5.21. The summed E-state index contributed by atoms with van der Waals surface area (Å²) in [5, 5.41) is 2.95. The molecule has 0 saturated heterocycles. The molecule has 72 valence electrons. The fourth-order valence-electron chi connectivity index (χ4n) is 1.13. The van der Waals surface area contributed by atoms with Gasteiger partial charge in [0.2, 0.25) is 0 Å². The van der Waals surface area contributed by atoms with Crippen LogP contribution in [0, 0.1) is 18.8 Å². The number of nitrogens with one attached hydrogen (secondary N) is 1. The number of carbonyl (C=O) groups excluding carboxylic acids is 1. The van der Waals surface area contributed by atoms with Crippen LogP contribution >= 0.6 is 0 Å². The molecule has 1 aromatic rings. The molecule has 0 fully saturated rings. The summed E-state index contributed by atoms with van der Waals surface area (Å²) in [5.41, 5.74) is 2.71. The molecule has 0 radical (unpaired) electrons. The number of rotatable bonds is 2. The Morgan fingerprint density at radius 2 is 2.29 bits per heavy atom. The quantitative estimate of drug-likeness (QED) is 0.560. The zero-order chi connectivity index (χ0) is 10.4. The summed E-state index contributed by atoms with van der Waals surface area (Å²) in [6, 6.07) is 5.50. The van der Waals surface area contributed by atoms with Gasteiger partial charge in [-0.25, -0.2) is 0 Å². The van der Waals surface area contributed by atoms with Crippen LogP contribution in [-0.2, 0) is 0 Å². The molecule has 1 aromatic carbocycles. The molecule has 14 heavy (non-hydrogen) atoms. The predicted molar refractivity (Wildman–Crippen MR) is 57.4 cm³/mol. The van der Waals surface area contributed by atoms with Gasteiger partial charge in [0, 0.05) is 11.1 Å². The van der Waals surface area contributed by atoms with Gasteiger partial charge >= 0.3 is 0 Å². The summed E-state index contributed by atoms with van der Waals surface area (Å²) in [6.07, 6.45) is 0.845. The highest BCUT2D eigenvalue weighted by molar-refractivity contribution is 5.75. The molecule has 0 spiro atoms. The van der Waals surface area contributed by atoms with E-state index in [2.05, 4.69) is 17.2 Å². The van der Waals surface area contributed by atoms with Crippen molar-refractivity contribution in [3.63, 3.8) is 0 Å². The molecule has 0 bridgehead atoms. The van der Waals surface area contributed by atoms with Crippen molar-refractivity contribution in [3.8, 4) is 11.8 Å². The van der Waals surface area contributed by atoms with Crippen molar-refractivity contribution in [2.24, 2.45) is 0 Å². The monoisotopic (exact) mass is 187 g/mol. The topological polar surface area (TPSA) is 29.1 Å². The molecule has 0 amide bonds. The number of hydrogen-bond donors (Lipinski definition) is 1. The minimum absolute atomic E-state index is 0.675. The van der Waals surface area contributed by atoms with Crippen molar-refractivity contribution >= 4 is 6.29 Å². The lowest BCUT2D eigenvalue weighted by Gasteiger charge is -1.98. The van der Waals surface area contributed by atoms with Crippen LogP contribution in [0.3, 0.4) is 0 Å². The molecule has 1 N–H and O–H groups in total. The standard InChI is InChI=1S/C12H13NO/c1-10-8-11(9-14)5-6-12(10)4-3-7-13-2/h5-6,8-9,13H,7H2,1-2H3. The molecular formula is C12H13NO. The first-order valence-corrected chi connectivity index (χ1v) is 4.47. The second-order valence-corrected chi connectivity index (χ2v) is 3.02. The van der Waals surface area contributed by atoms with Gasteiger partial charge in [0.25, 0.3) is 0 Å². The number of benzene rings is 1. The molecule has 0 unspecified atom stereocenters. The summed E-state index contributed by atoms with van der Waals surface area (Å²) in [6.45, 7) is 2.63. The van der Waals surface area contributed by atoms with Gasteiger partial charge in [-0.2, -0.15) is 0 Å². The van der Waals surface area contributed by atoms with E-state index in [0.717, 1.165) is 17.4 Å². The van der Waals surface area contributed by atoms with Gasteiger partial charge in [-0.05, 0) is 31.7 Å². The minimum Gasteiger partial charge on any atom is -0.309 e. The van der Waals surface area contributed by atoms with Gasteiger partial charge in [-0.15, -0.1) is 0 Å². The van der Waals surface area contributed by atoms with Gasteiger partial charge in [0.05, 0.1) is 6.54 Å². The molecule has 1 rings (SSSR count). The van der Waals surface area contributed by atoms with E-state index < -0.39 is 0 Å². The van der Waals surface area contributed by atoms with E-state index in [-0.39, 0.29) is 0 Å². The largest absolute Gasteiger partial charge is 0.309 e. The number of carbonyl (C=O) groups is 1. The first-order valence-electron chi connectivity index (χ1n) is 4.47. The molecule has 0 saturated carbocycles. The third-order valence-electron chi connectivity index (χ3n) is 1.87. The second-order valence-electron chi connectivity index (χ2n) is 3.02. The molecule has 0 aliphatic carbocycles. The van der Waals surface area contributed by atoms with Crippen molar-refractivity contribution in [1.82, 2.24) is 5.32 Å². The maximum Gasteiger partial charge on any atom is 0.150 e. The Bertz CT molecular complexity index is 385. The summed E-state index contributed by atoms with van der Waals surface area (Å²) in [7, 11) is 1.86. The van der Waals surface area contributed by atoms with Crippen LogP contribution in [0.5, 0.6) is 0 Å². The summed E-state index contributed by atoms with van der Waals surface area (Å²) in [5.74, 6) is 6.02. The Balaban J connectivity index is 2.90. The van der Waals surface area contributed by atoms with Gasteiger partial charge in [0.15, 0.2) is 0 Å². The fourth-order valence-corrected chi connectivity index (χ4v) is 1.13. The predicted octanol–water partition coefficient (Wildman–Crippen LogP) is 1.38. The Labute approximate surface area is 84.3 Å². The third kappa shape index (κ3) is 2.72. The maximum absolute atomic E-state index is 10.5. The highest BCUT2D eigenvalue weighted by atomic mass is 16.1. The Morgan fingerprint density at radius 3 is 2.86 bits per heavy atom. The molecule has 0 aliphatic rings. The first kappa shape index (κ1) is 10.5. The lowest BCUT2D eigenvalue weighted by Crippen LogP contribution is -2.04. The molecule has 0 aromatic heterocycles. The normalized spacial score (nSPS) is 9.00. The third-order valence-corrected chi connectivity index (χ3v) is 1.87. The number of aldehydes is 1. The fraction of sp³-hybridized carbons (Fsp3) is 0.250. The van der Waals surface area contributed by atoms with Crippen LogP contribution in [0.25, 0.3) is 0 Å². The van der Waals surface area contributed by atoms with Crippen LogP contribution in [-0.4, -0.2) is 19.9 Å². The van der Waals surface area contributed by atoms with Crippen molar-refractivity contribution < 1.29 is 4.79 Å². The van der Waals surface area contributed by atoms with E-state index in [1.807, 2.05) is 26.1 Å². The lowest BCUT2D eigenvalue weighted by atomic mass is 10.1. The van der Waals surface area contributed by atoms with Crippen molar-refractivity contribution in [2.75, 3.05) is 13.6 Å². The zero-order valence-electron chi connectivity index (χ0n) is 8.42. The molecule has 0 atom stereocenters. The summed E-state index contributed by atoms with van der Waals surface area (Å²) >= 11 is 0. The molecular weight excluding hydrogens is 174 g/mol. The molecule has 2 nitrogen and oxygen atoms in total. The van der Waals surface area contributed by atoms with Gasteiger partial charge in [-0.1, -0.05) is 17.9 Å². The van der Waals surface area contributed by atoms with Crippen molar-refractivity contribution in [2.45, 2.75) is 6.92 Å². The Morgan fingerprint density at radius 1 is 1.50 bits per heavy atom. The van der Waals surface area contributed by atoms with Crippen molar-refractivity contribution in [1.29, 1.82) is 0 Å². The molecule has 0 aliphatic heterocycles. The minimum atomic E-state index is 0.675. The van der Waals surface area contributed by atoms with E-state index in [0.29, 0.717) is 12.1 Å². The van der Waals surface area contributed by atoms with E-state index in [1.54, 1.807) is 6.07 Å². The smallest absolute Gasteiger partial charge is 0.150 e. The molecule has 0 heterocycles. The van der Waals surface area contributed by atoms with Crippen LogP contribution < -0.4 is 5.32 Å². The highest BCUT2D eigenvalue weighted by Gasteiger charge is 1.95. The average molecular weight is 187 g/mol. The number of aryl methyl sites for hydroxylation is 1. The zero-order valence-corrected chi connectivity index (χ0v) is 8.42. The van der Waals surface area contributed by atoms with Crippen LogP contribution in [0.15, 0.2) is 18.2 Å². The van der Waals surface area contributed by atoms with E-state index in [4.69, 9.17) is 0 Å². The van der Waals surface area contributed by atoms with Gasteiger partial charge in [0.1, 0.15) is 6.29 Å². The summed E-state index contributed by atoms with van der Waals surface area (Å²) in [4.78, 5) is 10.5. The highest BCUT2D eigenvalue weighted by Crippen LogP contribution is 2.08. The van der Waals surface area contributed by atoms with E-state index in [9.17, 15) is 4.79 Å². The van der Waals surface area contributed by atoms with Gasteiger partial charge < -0.3 is 5.32 Å². The van der Waals surface area contributed by atoms with E-state index >= 15 is 0 Å². The van der Waals surface area contributed by atoms with Crippen molar-refractivity contribution in [3.05, 3.63) is 34.9 Å². The van der Waals surface area contributed by atoms with Crippen LogP contribution in [0.2, 0.25) is 0 Å². The van der Waals surface area contributed by atoms with Gasteiger partial charge in [-0.3, -0.25) is 4.79 Å². The maximum atomic E-state index is 10.5. The lowest BCUT2D eigenvalue weighted by molar-refractivity contribution is 0.112. The Kier molecular flexibility index (Phi) is 3.90. The average Bonchev–Trinajstić information content (AvgIpc) is 2.20. The van der Waals surface area contributed by atoms with Crippen LogP contribution in [0.4, 0.5) is 0 Å². The van der Waals surface area contributed by atoms with Crippen LogP contribution in [0.1, 0.15) is 21.5 Å².